The van der Waals surface area contributed by atoms with E-state index in [9.17, 15) is 4.57 Å². The molecule has 0 amide bonds. The SMILES string of the molecule is O=P(O)(O)C(=Nc1ncc(Cl)s1)[P+](O)(O)O. The first-order valence-corrected chi connectivity index (χ1v) is 7.90. The van der Waals surface area contributed by atoms with Crippen molar-refractivity contribution in [3.63, 3.8) is 0 Å². The van der Waals surface area contributed by atoms with Gasteiger partial charge in [0.15, 0.2) is 0 Å². The lowest BCUT2D eigenvalue weighted by atomic mass is 11.0. The summed E-state index contributed by atoms with van der Waals surface area (Å²) >= 11 is 6.24. The molecular formula is C4H6ClN2O6P2S+. The Morgan fingerprint density at radius 2 is 2.06 bits per heavy atom. The van der Waals surface area contributed by atoms with Crippen molar-refractivity contribution in [2.75, 3.05) is 0 Å². The largest absolute Gasteiger partial charge is 0.469 e. The predicted octanol–water partition coefficient (Wildman–Crippen LogP) is 0.701. The lowest BCUT2D eigenvalue weighted by Crippen LogP contribution is -2.05. The zero-order valence-electron chi connectivity index (χ0n) is 7.30. The molecular weight excluding hydrogens is 302 g/mol. The summed E-state index contributed by atoms with van der Waals surface area (Å²) < 4.78 is 11.0. The molecule has 0 unspecified atom stereocenters. The summed E-state index contributed by atoms with van der Waals surface area (Å²) in [4.78, 5) is 50.7. The molecule has 1 aromatic rings. The smallest absolute Gasteiger partial charge is 0.317 e. The standard InChI is InChI=1S/C4H5ClN2O6P2S/c5-2-1-6-3(16-2)7-4(14(8,9)10)15(11,12)13/h1,8-10H,(H-,11,12,13)/p+1. The van der Waals surface area contributed by atoms with Gasteiger partial charge >= 0.3 is 20.7 Å². The van der Waals surface area contributed by atoms with Crippen LogP contribution in [0.5, 0.6) is 0 Å². The van der Waals surface area contributed by atoms with Crippen molar-refractivity contribution >= 4 is 48.8 Å². The molecule has 0 bridgehead atoms. The van der Waals surface area contributed by atoms with E-state index in [1.54, 1.807) is 0 Å². The Hall–Kier alpha value is 0.0500. The number of hydrogen-bond acceptors (Lipinski definition) is 7. The van der Waals surface area contributed by atoms with Gasteiger partial charge in [0.05, 0.1) is 6.20 Å². The molecule has 8 nitrogen and oxygen atoms in total. The van der Waals surface area contributed by atoms with Gasteiger partial charge in [0.2, 0.25) is 5.13 Å². The second kappa shape index (κ2) is 4.73. The lowest BCUT2D eigenvalue weighted by Gasteiger charge is -2.06. The van der Waals surface area contributed by atoms with Crippen molar-refractivity contribution in [1.82, 2.24) is 4.98 Å². The maximum absolute atomic E-state index is 10.8. The average Bonchev–Trinajstić information content (AvgIpc) is 2.43. The molecule has 1 rings (SSSR count). The quantitative estimate of drug-likeness (QED) is 0.408. The summed E-state index contributed by atoms with van der Waals surface area (Å²) in [5.74, 6) is 0. The third kappa shape index (κ3) is 3.81. The van der Waals surface area contributed by atoms with Gasteiger partial charge in [-0.25, -0.2) is 9.55 Å². The van der Waals surface area contributed by atoms with Crippen LogP contribution in [0, 0.1) is 0 Å². The van der Waals surface area contributed by atoms with Crippen LogP contribution in [0.1, 0.15) is 0 Å². The van der Waals surface area contributed by atoms with Crippen LogP contribution in [0.15, 0.2) is 11.2 Å². The van der Waals surface area contributed by atoms with Gasteiger partial charge in [0.25, 0.3) is 0 Å². The molecule has 0 saturated heterocycles. The van der Waals surface area contributed by atoms with Crippen molar-refractivity contribution in [1.29, 1.82) is 0 Å². The molecule has 0 fully saturated rings. The van der Waals surface area contributed by atoms with E-state index in [1.807, 2.05) is 0 Å². The molecule has 0 spiro atoms. The first-order chi connectivity index (χ1) is 7.10. The molecule has 0 atom stereocenters. The summed E-state index contributed by atoms with van der Waals surface area (Å²) in [7, 11) is -9.97. The van der Waals surface area contributed by atoms with Gasteiger partial charge in [-0.1, -0.05) is 22.9 Å². The highest BCUT2D eigenvalue weighted by molar-refractivity contribution is 8.00. The van der Waals surface area contributed by atoms with Crippen LogP contribution in [0.3, 0.4) is 0 Å². The van der Waals surface area contributed by atoms with Gasteiger partial charge in [0.1, 0.15) is 4.34 Å². The summed E-state index contributed by atoms with van der Waals surface area (Å²) in [5.41, 5.74) is 0. The van der Waals surface area contributed by atoms with Crippen molar-refractivity contribution < 1.29 is 29.0 Å². The molecule has 16 heavy (non-hydrogen) atoms. The highest BCUT2D eigenvalue weighted by Crippen LogP contribution is 2.61. The van der Waals surface area contributed by atoms with Crippen molar-refractivity contribution in [3.05, 3.63) is 10.5 Å². The summed E-state index contributed by atoms with van der Waals surface area (Å²) in [5, 5.41) is -1.61. The molecule has 0 saturated carbocycles. The highest BCUT2D eigenvalue weighted by atomic mass is 35.5. The molecule has 1 heterocycles. The van der Waals surface area contributed by atoms with E-state index in [-0.39, 0.29) is 9.47 Å². The predicted molar refractivity (Wildman–Crippen MR) is 59.8 cm³/mol. The number of aliphatic imine (C=N–C) groups is 1. The zero-order valence-corrected chi connectivity index (χ0v) is 10.7. The second-order valence-corrected chi connectivity index (χ2v) is 7.54. The first-order valence-electron chi connectivity index (χ1n) is 3.44. The first kappa shape index (κ1) is 14.1. The molecule has 1 aromatic heterocycles. The summed E-state index contributed by atoms with van der Waals surface area (Å²) in [6.07, 6.45) is 1.16. The normalized spacial score (nSPS) is 14.2. The molecule has 90 valence electrons. The molecule has 0 aliphatic heterocycles. The maximum Gasteiger partial charge on any atom is 0.469 e. The Labute approximate surface area is 98.6 Å². The van der Waals surface area contributed by atoms with Crippen molar-refractivity contribution in [2.24, 2.45) is 4.99 Å². The fourth-order valence-corrected chi connectivity index (χ4v) is 3.46. The second-order valence-electron chi connectivity index (χ2n) is 2.47. The zero-order chi connectivity index (χ0) is 12.6. The number of thiazole rings is 1. The molecule has 0 aliphatic carbocycles. The van der Waals surface area contributed by atoms with Crippen LogP contribution in [0.2, 0.25) is 4.34 Å². The van der Waals surface area contributed by atoms with Gasteiger partial charge in [-0.2, -0.15) is 19.7 Å². The number of hydrogen-bond donors (Lipinski definition) is 5. The molecule has 12 heteroatoms. The third-order valence-corrected chi connectivity index (χ3v) is 5.04. The van der Waals surface area contributed by atoms with Gasteiger partial charge in [0, 0.05) is 0 Å². The van der Waals surface area contributed by atoms with Crippen LogP contribution in [0.25, 0.3) is 0 Å². The molecule has 0 aromatic carbocycles. The van der Waals surface area contributed by atoms with Crippen LogP contribution >= 0.6 is 38.5 Å². The van der Waals surface area contributed by atoms with Crippen molar-refractivity contribution in [3.8, 4) is 0 Å². The number of rotatable bonds is 3. The van der Waals surface area contributed by atoms with Gasteiger partial charge < -0.3 is 9.79 Å². The fourth-order valence-electron chi connectivity index (χ4n) is 0.690. The van der Waals surface area contributed by atoms with E-state index in [0.717, 1.165) is 17.5 Å². The Morgan fingerprint density at radius 1 is 1.50 bits per heavy atom. The summed E-state index contributed by atoms with van der Waals surface area (Å²) in [6, 6.07) is 0. The maximum atomic E-state index is 10.8. The van der Waals surface area contributed by atoms with Crippen LogP contribution in [0.4, 0.5) is 5.13 Å². The topological polar surface area (TPSA) is 143 Å². The van der Waals surface area contributed by atoms with Gasteiger partial charge in [-0.3, -0.25) is 0 Å². The average molecular weight is 308 g/mol. The fraction of sp³-hybridized carbons (Fsp3) is 0. The highest BCUT2D eigenvalue weighted by Gasteiger charge is 2.52. The summed E-state index contributed by atoms with van der Waals surface area (Å²) in [6.45, 7) is 0. The van der Waals surface area contributed by atoms with E-state index in [0.29, 0.717) is 0 Å². The Balaban J connectivity index is 3.23. The molecule has 5 N–H and O–H groups in total. The van der Waals surface area contributed by atoms with Crippen molar-refractivity contribution in [2.45, 2.75) is 0 Å². The monoisotopic (exact) mass is 307 g/mol. The third-order valence-electron chi connectivity index (χ3n) is 1.19. The number of nitrogens with zero attached hydrogens (tertiary/aromatic N) is 2. The van der Waals surface area contributed by atoms with E-state index >= 15 is 0 Å². The van der Waals surface area contributed by atoms with Crippen LogP contribution in [-0.4, -0.2) is 34.6 Å². The molecule has 0 aliphatic rings. The van der Waals surface area contributed by atoms with E-state index < -0.39 is 20.7 Å². The van der Waals surface area contributed by atoms with Crippen LogP contribution in [-0.2, 0) is 4.57 Å². The Morgan fingerprint density at radius 3 is 2.38 bits per heavy atom. The minimum atomic E-state index is -5.08. The van der Waals surface area contributed by atoms with Crippen LogP contribution < -0.4 is 0 Å². The minimum Gasteiger partial charge on any atom is -0.317 e. The lowest BCUT2D eigenvalue weighted by molar-refractivity contribution is 0.349. The number of aromatic nitrogens is 1. The number of halogens is 1. The Bertz CT molecular complexity index is 463. The van der Waals surface area contributed by atoms with E-state index in [2.05, 4.69) is 9.98 Å². The Kier molecular flexibility index (Phi) is 4.18. The molecule has 0 radical (unpaired) electrons. The minimum absolute atomic E-state index is 0.196. The van der Waals surface area contributed by atoms with Gasteiger partial charge in [-0.15, -0.1) is 0 Å². The van der Waals surface area contributed by atoms with E-state index in [4.69, 9.17) is 36.1 Å². The van der Waals surface area contributed by atoms with Gasteiger partial charge in [-0.05, 0) is 0 Å². The van der Waals surface area contributed by atoms with E-state index in [1.165, 1.54) is 0 Å².